The molecule has 1 saturated heterocycles. The van der Waals surface area contributed by atoms with E-state index in [-0.39, 0.29) is 12.2 Å². The van der Waals surface area contributed by atoms with Gasteiger partial charge in [-0.1, -0.05) is 59.1 Å². The first kappa shape index (κ1) is 26.6. The van der Waals surface area contributed by atoms with E-state index >= 15 is 0 Å². The van der Waals surface area contributed by atoms with E-state index in [9.17, 15) is 18.0 Å². The second-order valence-corrected chi connectivity index (χ2v) is 11.8. The maximum atomic E-state index is 14.2. The first-order chi connectivity index (χ1) is 17.1. The minimum absolute atomic E-state index is 0.0192. The number of carbonyl (C=O) groups excluding carboxylic acids is 2. The third-order valence-electron chi connectivity index (χ3n) is 6.04. The number of benzene rings is 3. The highest BCUT2D eigenvalue weighted by atomic mass is 35.5. The van der Waals surface area contributed by atoms with Crippen LogP contribution >= 0.6 is 34.8 Å². The second-order valence-electron chi connectivity index (χ2n) is 8.28. The first-order valence-electron chi connectivity index (χ1n) is 11.1. The molecule has 4 atom stereocenters. The number of ether oxygens (including phenoxy) is 1. The number of esters is 1. The standard InChI is InChI=1S/C26H22Cl3NO5S/c1-2-35-26(32)25-22(16-5-11-19(28)12-6-16)30-21(15-3-9-18(27)10-4-15)24(36(25,33)34)23(31)17-7-13-20(29)14-8-17/h3-14,21-22,24-25,30H,2H2,1H3/t21-,22+,24+,25-/m1/s1. The Morgan fingerprint density at radius 3 is 1.61 bits per heavy atom. The SMILES string of the molecule is CCOC(=O)[C@H]1[C@H](c2ccc(Cl)cc2)N[C@H](c2ccc(Cl)cc2)[C@@H](C(=O)c2ccc(Cl)cc2)S1(=O)=O. The second kappa shape index (κ2) is 10.9. The number of halogens is 3. The highest BCUT2D eigenvalue weighted by molar-refractivity contribution is 7.94. The van der Waals surface area contributed by atoms with Crippen LogP contribution in [-0.2, 0) is 19.4 Å². The quantitative estimate of drug-likeness (QED) is 0.307. The molecule has 3 aromatic carbocycles. The van der Waals surface area contributed by atoms with Crippen LogP contribution in [0, 0.1) is 0 Å². The third kappa shape index (κ3) is 5.31. The summed E-state index contributed by atoms with van der Waals surface area (Å²) >= 11 is 18.1. The zero-order chi connectivity index (χ0) is 26.0. The number of hydrogen-bond acceptors (Lipinski definition) is 6. The minimum Gasteiger partial charge on any atom is -0.465 e. The molecular weight excluding hydrogens is 545 g/mol. The van der Waals surface area contributed by atoms with Crippen LogP contribution in [0.5, 0.6) is 0 Å². The Kier molecular flexibility index (Phi) is 8.07. The lowest BCUT2D eigenvalue weighted by molar-refractivity contribution is -0.143. The molecule has 1 heterocycles. The molecule has 0 spiro atoms. The highest BCUT2D eigenvalue weighted by Gasteiger charge is 2.56. The van der Waals surface area contributed by atoms with Gasteiger partial charge in [0.25, 0.3) is 0 Å². The van der Waals surface area contributed by atoms with E-state index in [0.717, 1.165) is 0 Å². The van der Waals surface area contributed by atoms with Gasteiger partial charge < -0.3 is 4.74 Å². The van der Waals surface area contributed by atoms with E-state index in [0.29, 0.717) is 26.2 Å². The lowest BCUT2D eigenvalue weighted by atomic mass is 9.93. The molecule has 36 heavy (non-hydrogen) atoms. The monoisotopic (exact) mass is 565 g/mol. The molecule has 1 fully saturated rings. The molecule has 0 aliphatic carbocycles. The van der Waals surface area contributed by atoms with Gasteiger partial charge in [0, 0.05) is 20.6 Å². The Labute approximate surface area is 224 Å². The van der Waals surface area contributed by atoms with Crippen LogP contribution < -0.4 is 5.32 Å². The van der Waals surface area contributed by atoms with Gasteiger partial charge in [-0.15, -0.1) is 0 Å². The summed E-state index contributed by atoms with van der Waals surface area (Å²) in [6, 6.07) is 17.0. The van der Waals surface area contributed by atoms with E-state index in [4.69, 9.17) is 39.5 Å². The molecule has 10 heteroatoms. The average Bonchev–Trinajstić information content (AvgIpc) is 2.84. The van der Waals surface area contributed by atoms with E-state index in [2.05, 4.69) is 5.32 Å². The summed E-state index contributed by atoms with van der Waals surface area (Å²) < 4.78 is 33.5. The highest BCUT2D eigenvalue weighted by Crippen LogP contribution is 2.40. The molecule has 1 N–H and O–H groups in total. The van der Waals surface area contributed by atoms with Crippen molar-refractivity contribution in [2.75, 3.05) is 6.61 Å². The van der Waals surface area contributed by atoms with Crippen molar-refractivity contribution in [1.29, 1.82) is 0 Å². The van der Waals surface area contributed by atoms with E-state index in [1.807, 2.05) is 0 Å². The molecule has 6 nitrogen and oxygen atoms in total. The Morgan fingerprint density at radius 1 is 0.750 bits per heavy atom. The summed E-state index contributed by atoms with van der Waals surface area (Å²) in [4.78, 5) is 26.8. The van der Waals surface area contributed by atoms with Crippen LogP contribution in [0.25, 0.3) is 0 Å². The van der Waals surface area contributed by atoms with Crippen molar-refractivity contribution in [3.63, 3.8) is 0 Å². The van der Waals surface area contributed by atoms with E-state index in [1.165, 1.54) is 24.3 Å². The first-order valence-corrected chi connectivity index (χ1v) is 13.8. The summed E-state index contributed by atoms with van der Waals surface area (Å²) in [5, 5.41) is 1.30. The summed E-state index contributed by atoms with van der Waals surface area (Å²) in [6.45, 7) is 1.57. The number of rotatable bonds is 6. The van der Waals surface area contributed by atoms with Gasteiger partial charge in [-0.2, -0.15) is 0 Å². The van der Waals surface area contributed by atoms with Gasteiger partial charge in [0.1, 0.15) is 5.25 Å². The fourth-order valence-electron chi connectivity index (χ4n) is 4.36. The van der Waals surface area contributed by atoms with Crippen molar-refractivity contribution in [2.24, 2.45) is 0 Å². The molecule has 0 amide bonds. The van der Waals surface area contributed by atoms with Crippen LogP contribution in [0.3, 0.4) is 0 Å². The fraction of sp³-hybridized carbons (Fsp3) is 0.231. The molecule has 1 aliphatic rings. The van der Waals surface area contributed by atoms with Crippen molar-refractivity contribution < 1.29 is 22.7 Å². The van der Waals surface area contributed by atoms with Crippen LogP contribution in [0.4, 0.5) is 0 Å². The van der Waals surface area contributed by atoms with Gasteiger partial charge >= 0.3 is 5.97 Å². The van der Waals surface area contributed by atoms with Gasteiger partial charge in [0.05, 0.1) is 18.7 Å². The molecule has 0 radical (unpaired) electrons. The third-order valence-corrected chi connectivity index (χ3v) is 9.16. The van der Waals surface area contributed by atoms with Crippen LogP contribution in [0.2, 0.25) is 15.1 Å². The largest absolute Gasteiger partial charge is 0.465 e. The maximum absolute atomic E-state index is 14.2. The van der Waals surface area contributed by atoms with Crippen molar-refractivity contribution >= 4 is 56.4 Å². The van der Waals surface area contributed by atoms with Crippen LogP contribution in [-0.4, -0.2) is 37.3 Å². The lowest BCUT2D eigenvalue weighted by Crippen LogP contribution is -2.59. The zero-order valence-electron chi connectivity index (χ0n) is 19.0. The normalized spacial score (nSPS) is 23.1. The molecule has 0 aromatic heterocycles. The molecule has 4 rings (SSSR count). The van der Waals surface area contributed by atoms with Gasteiger partial charge in [0.15, 0.2) is 20.9 Å². The molecule has 0 unspecified atom stereocenters. The maximum Gasteiger partial charge on any atom is 0.326 e. The molecule has 3 aromatic rings. The smallest absolute Gasteiger partial charge is 0.326 e. The van der Waals surface area contributed by atoms with Crippen LogP contribution in [0.15, 0.2) is 72.8 Å². The minimum atomic E-state index is -4.44. The predicted octanol–water partition coefficient (Wildman–Crippen LogP) is 5.63. The summed E-state index contributed by atoms with van der Waals surface area (Å²) in [5.74, 6) is -1.60. The number of Topliss-reactive ketones (excluding diaryl/α,β-unsaturated/α-hetero) is 1. The van der Waals surface area contributed by atoms with E-state index < -0.39 is 44.2 Å². The fourth-order valence-corrected chi connectivity index (χ4v) is 7.06. The summed E-state index contributed by atoms with van der Waals surface area (Å²) in [6.07, 6.45) is 0. The predicted molar refractivity (Wildman–Crippen MR) is 140 cm³/mol. The molecule has 0 saturated carbocycles. The van der Waals surface area contributed by atoms with Crippen molar-refractivity contribution in [3.05, 3.63) is 105 Å². The average molecular weight is 567 g/mol. The molecule has 0 bridgehead atoms. The van der Waals surface area contributed by atoms with Crippen molar-refractivity contribution in [1.82, 2.24) is 5.32 Å². The Hall–Kier alpha value is -2.42. The van der Waals surface area contributed by atoms with Gasteiger partial charge in [0.2, 0.25) is 0 Å². The van der Waals surface area contributed by atoms with Gasteiger partial charge in [-0.25, -0.2) is 8.42 Å². The molecular formula is C26H22Cl3NO5S. The van der Waals surface area contributed by atoms with Gasteiger partial charge in [-0.3, -0.25) is 14.9 Å². The number of sulfone groups is 1. The van der Waals surface area contributed by atoms with Gasteiger partial charge in [-0.05, 0) is 66.6 Å². The Balaban J connectivity index is 1.90. The number of carbonyl (C=O) groups is 2. The van der Waals surface area contributed by atoms with E-state index in [1.54, 1.807) is 55.5 Å². The Morgan fingerprint density at radius 2 is 1.17 bits per heavy atom. The van der Waals surface area contributed by atoms with Crippen LogP contribution in [0.1, 0.15) is 40.5 Å². The Bertz CT molecular complexity index is 1360. The topological polar surface area (TPSA) is 89.5 Å². The molecule has 188 valence electrons. The lowest BCUT2D eigenvalue weighted by Gasteiger charge is -2.41. The van der Waals surface area contributed by atoms with Crippen molar-refractivity contribution in [2.45, 2.75) is 29.5 Å². The zero-order valence-corrected chi connectivity index (χ0v) is 22.1. The number of ketones is 1. The summed E-state index contributed by atoms with van der Waals surface area (Å²) in [5.41, 5.74) is 1.19. The summed E-state index contributed by atoms with van der Waals surface area (Å²) in [7, 11) is -4.44. The van der Waals surface area contributed by atoms with Crippen molar-refractivity contribution in [3.8, 4) is 0 Å². The molecule has 1 aliphatic heterocycles. The number of nitrogens with one attached hydrogen (secondary N) is 1. The number of hydrogen-bond donors (Lipinski definition) is 1.